The average Bonchev–Trinajstić information content (AvgIpc) is 2.96. The summed E-state index contributed by atoms with van der Waals surface area (Å²) in [5, 5.41) is 5.45. The summed E-state index contributed by atoms with van der Waals surface area (Å²) < 4.78 is 10.4. The monoisotopic (exact) mass is 425 g/mol. The molecule has 8 nitrogen and oxygen atoms in total. The number of benzene rings is 2. The van der Waals surface area contributed by atoms with Gasteiger partial charge in [-0.05, 0) is 62.1 Å². The highest BCUT2D eigenvalue weighted by molar-refractivity contribution is 6.10. The van der Waals surface area contributed by atoms with Crippen LogP contribution in [0.1, 0.15) is 24.5 Å². The lowest BCUT2D eigenvalue weighted by atomic mass is 9.93. The minimum atomic E-state index is -1.07. The van der Waals surface area contributed by atoms with Crippen LogP contribution >= 0.6 is 0 Å². The fourth-order valence-electron chi connectivity index (χ4n) is 3.50. The first-order valence-electron chi connectivity index (χ1n) is 9.97. The zero-order chi connectivity index (χ0) is 22.6. The van der Waals surface area contributed by atoms with Gasteiger partial charge in [0.15, 0.2) is 0 Å². The number of amides is 4. The minimum absolute atomic E-state index is 0.375. The first-order chi connectivity index (χ1) is 14.8. The molecule has 1 aliphatic heterocycles. The van der Waals surface area contributed by atoms with E-state index in [1.54, 1.807) is 26.2 Å². The Hall–Kier alpha value is -3.55. The van der Waals surface area contributed by atoms with E-state index in [2.05, 4.69) is 10.6 Å². The molecule has 8 heteroatoms. The molecule has 0 bridgehead atoms. The van der Waals surface area contributed by atoms with Crippen molar-refractivity contribution in [2.24, 2.45) is 0 Å². The van der Waals surface area contributed by atoms with Crippen molar-refractivity contribution in [2.45, 2.75) is 32.2 Å². The Morgan fingerprint density at radius 1 is 1.10 bits per heavy atom. The Morgan fingerprint density at radius 2 is 1.81 bits per heavy atom. The molecule has 0 saturated carbocycles. The molecule has 2 aromatic rings. The molecule has 1 aliphatic rings. The summed E-state index contributed by atoms with van der Waals surface area (Å²) in [6.45, 7) is 3.19. The fourth-order valence-corrected chi connectivity index (χ4v) is 3.50. The number of nitrogens with one attached hydrogen (secondary N) is 2. The maximum atomic E-state index is 12.9. The van der Waals surface area contributed by atoms with Gasteiger partial charge in [0.05, 0.1) is 19.9 Å². The highest BCUT2D eigenvalue weighted by Gasteiger charge is 2.47. The lowest BCUT2D eigenvalue weighted by Gasteiger charge is -2.21. The number of carbonyl (C=O) groups is 3. The van der Waals surface area contributed by atoms with Gasteiger partial charge in [0.1, 0.15) is 23.6 Å². The summed E-state index contributed by atoms with van der Waals surface area (Å²) in [6, 6.07) is 12.3. The molecule has 0 spiro atoms. The predicted octanol–water partition coefficient (Wildman–Crippen LogP) is 2.89. The molecule has 31 heavy (non-hydrogen) atoms. The van der Waals surface area contributed by atoms with E-state index in [4.69, 9.17) is 9.47 Å². The molecule has 0 unspecified atom stereocenters. The van der Waals surface area contributed by atoms with Gasteiger partial charge >= 0.3 is 6.03 Å². The number of hydrogen-bond acceptors (Lipinski definition) is 5. The van der Waals surface area contributed by atoms with Crippen LogP contribution in [0.5, 0.6) is 11.5 Å². The number of ether oxygens (including phenoxy) is 2. The van der Waals surface area contributed by atoms with Crippen LogP contribution in [-0.4, -0.2) is 49.0 Å². The molecular formula is C23H27N3O5. The van der Waals surface area contributed by atoms with E-state index in [1.165, 1.54) is 7.11 Å². The maximum absolute atomic E-state index is 12.9. The van der Waals surface area contributed by atoms with Crippen molar-refractivity contribution in [3.05, 3.63) is 53.6 Å². The van der Waals surface area contributed by atoms with E-state index in [0.29, 0.717) is 24.3 Å². The topological polar surface area (TPSA) is 97.0 Å². The molecule has 1 heterocycles. The van der Waals surface area contributed by atoms with Gasteiger partial charge in [-0.2, -0.15) is 0 Å². The smallest absolute Gasteiger partial charge is 0.325 e. The minimum Gasteiger partial charge on any atom is -0.497 e. The van der Waals surface area contributed by atoms with Gasteiger partial charge < -0.3 is 20.1 Å². The van der Waals surface area contributed by atoms with Crippen LogP contribution in [0, 0.1) is 6.92 Å². The second-order valence-corrected chi connectivity index (χ2v) is 7.75. The molecule has 0 aliphatic carbocycles. The number of nitrogens with zero attached hydrogens (tertiary/aromatic N) is 1. The highest BCUT2D eigenvalue weighted by Crippen LogP contribution is 2.26. The second kappa shape index (κ2) is 9.07. The maximum Gasteiger partial charge on any atom is 0.325 e. The number of hydrogen-bond donors (Lipinski definition) is 2. The normalized spacial score (nSPS) is 18.0. The molecule has 1 atom stereocenters. The standard InChI is InChI=1S/C23H27N3O5/c1-15-5-10-19(31-4)18(13-15)24-20(27)14-26-21(28)23(2,25-22(26)29)12-11-16-6-8-17(30-3)9-7-16/h5-10,13H,11-12,14H2,1-4H3,(H,24,27)(H,25,29)/t23-/m1/s1. The number of carbonyl (C=O) groups excluding carboxylic acids is 3. The van der Waals surface area contributed by atoms with E-state index >= 15 is 0 Å². The van der Waals surface area contributed by atoms with Crippen LogP contribution < -0.4 is 20.1 Å². The van der Waals surface area contributed by atoms with Crippen LogP contribution in [0.15, 0.2) is 42.5 Å². The second-order valence-electron chi connectivity index (χ2n) is 7.75. The van der Waals surface area contributed by atoms with Gasteiger partial charge in [-0.3, -0.25) is 14.5 Å². The van der Waals surface area contributed by atoms with Gasteiger partial charge in [-0.15, -0.1) is 0 Å². The van der Waals surface area contributed by atoms with Gasteiger partial charge in [-0.1, -0.05) is 18.2 Å². The fraction of sp³-hybridized carbons (Fsp3) is 0.348. The lowest BCUT2D eigenvalue weighted by molar-refractivity contribution is -0.133. The first-order valence-corrected chi connectivity index (χ1v) is 9.97. The summed E-state index contributed by atoms with van der Waals surface area (Å²) in [5.41, 5.74) is 1.38. The van der Waals surface area contributed by atoms with Crippen molar-refractivity contribution in [1.82, 2.24) is 10.2 Å². The zero-order valence-electron chi connectivity index (χ0n) is 18.2. The number of urea groups is 1. The molecule has 1 fully saturated rings. The van der Waals surface area contributed by atoms with Crippen LogP contribution in [0.3, 0.4) is 0 Å². The molecule has 4 amide bonds. The summed E-state index contributed by atoms with van der Waals surface area (Å²) in [4.78, 5) is 38.9. The number of imide groups is 1. The third-order valence-corrected chi connectivity index (χ3v) is 5.35. The van der Waals surface area contributed by atoms with Gasteiger partial charge in [0, 0.05) is 0 Å². The SMILES string of the molecule is COc1ccc(CC[C@@]2(C)NC(=O)N(CC(=O)Nc3cc(C)ccc3OC)C2=O)cc1. The van der Waals surface area contributed by atoms with Crippen molar-refractivity contribution >= 4 is 23.5 Å². The van der Waals surface area contributed by atoms with Crippen LogP contribution in [0.25, 0.3) is 0 Å². The van der Waals surface area contributed by atoms with Crippen LogP contribution in [0.2, 0.25) is 0 Å². The Bertz CT molecular complexity index is 989. The Balaban J connectivity index is 1.63. The van der Waals surface area contributed by atoms with Crippen molar-refractivity contribution in [1.29, 1.82) is 0 Å². The summed E-state index contributed by atoms with van der Waals surface area (Å²) in [7, 11) is 3.11. The zero-order valence-corrected chi connectivity index (χ0v) is 18.2. The lowest BCUT2D eigenvalue weighted by Crippen LogP contribution is -2.45. The summed E-state index contributed by atoms with van der Waals surface area (Å²) in [5.74, 6) is 0.354. The van der Waals surface area contributed by atoms with Crippen molar-refractivity contribution in [2.75, 3.05) is 26.1 Å². The van der Waals surface area contributed by atoms with E-state index < -0.39 is 23.4 Å². The first kappa shape index (κ1) is 22.1. The third kappa shape index (κ3) is 4.96. The molecular weight excluding hydrogens is 398 g/mol. The van der Waals surface area contributed by atoms with E-state index in [0.717, 1.165) is 21.8 Å². The molecule has 3 rings (SSSR count). The van der Waals surface area contributed by atoms with Gasteiger partial charge in [0.25, 0.3) is 5.91 Å². The van der Waals surface area contributed by atoms with Gasteiger partial charge in [0.2, 0.25) is 5.91 Å². The Labute approximate surface area is 181 Å². The Kier molecular flexibility index (Phi) is 6.48. The Morgan fingerprint density at radius 3 is 2.45 bits per heavy atom. The number of methoxy groups -OCH3 is 2. The van der Waals surface area contributed by atoms with Crippen LogP contribution in [0.4, 0.5) is 10.5 Å². The molecule has 1 saturated heterocycles. The predicted molar refractivity (Wildman–Crippen MR) is 116 cm³/mol. The number of rotatable bonds is 8. The van der Waals surface area contributed by atoms with E-state index in [-0.39, 0.29) is 6.54 Å². The van der Waals surface area contributed by atoms with Crippen molar-refractivity contribution in [3.63, 3.8) is 0 Å². The molecule has 0 aromatic heterocycles. The van der Waals surface area contributed by atoms with Crippen LogP contribution in [-0.2, 0) is 16.0 Å². The quantitative estimate of drug-likeness (QED) is 0.634. The van der Waals surface area contributed by atoms with E-state index in [1.807, 2.05) is 37.3 Å². The summed E-state index contributed by atoms with van der Waals surface area (Å²) >= 11 is 0. The number of anilines is 1. The van der Waals surface area contributed by atoms with Crippen molar-refractivity contribution < 1.29 is 23.9 Å². The van der Waals surface area contributed by atoms with Crippen molar-refractivity contribution in [3.8, 4) is 11.5 Å². The largest absolute Gasteiger partial charge is 0.497 e. The van der Waals surface area contributed by atoms with E-state index in [9.17, 15) is 14.4 Å². The molecule has 164 valence electrons. The molecule has 0 radical (unpaired) electrons. The molecule has 2 N–H and O–H groups in total. The van der Waals surface area contributed by atoms with Gasteiger partial charge in [-0.25, -0.2) is 4.79 Å². The highest BCUT2D eigenvalue weighted by atomic mass is 16.5. The summed E-state index contributed by atoms with van der Waals surface area (Å²) in [6.07, 6.45) is 1.00. The molecule has 2 aromatic carbocycles. The number of aryl methyl sites for hydroxylation is 2. The third-order valence-electron chi connectivity index (χ3n) is 5.35. The average molecular weight is 425 g/mol.